The van der Waals surface area contributed by atoms with Crippen molar-refractivity contribution in [3.63, 3.8) is 0 Å². The van der Waals surface area contributed by atoms with Gasteiger partial charge in [0, 0.05) is 28.4 Å². The Balaban J connectivity index is 1.52. The van der Waals surface area contributed by atoms with Crippen LogP contribution in [-0.2, 0) is 9.53 Å². The second-order valence-corrected chi connectivity index (χ2v) is 9.70. The molecule has 1 amide bonds. The number of hydrogen-bond acceptors (Lipinski definition) is 2. The van der Waals surface area contributed by atoms with Gasteiger partial charge >= 0.3 is 0 Å². The van der Waals surface area contributed by atoms with E-state index < -0.39 is 0 Å². The molecular weight excluding hydrogens is 417 g/mol. The molecule has 0 spiro atoms. The van der Waals surface area contributed by atoms with Crippen molar-refractivity contribution in [1.29, 1.82) is 0 Å². The lowest BCUT2D eigenvalue weighted by Crippen LogP contribution is -2.47. The van der Waals surface area contributed by atoms with Gasteiger partial charge in [0.15, 0.2) is 0 Å². The minimum atomic E-state index is -0.00305. The van der Waals surface area contributed by atoms with Crippen molar-refractivity contribution in [2.75, 3.05) is 6.61 Å². The van der Waals surface area contributed by atoms with Gasteiger partial charge in [-0.2, -0.15) is 0 Å². The van der Waals surface area contributed by atoms with E-state index in [1.54, 1.807) is 0 Å². The van der Waals surface area contributed by atoms with Crippen LogP contribution in [-0.4, -0.2) is 18.6 Å². The SMILES string of the molecule is CC(C[C@H](OCC1CC1)c1ccc(Cl)cc1)[C@@H]1NC(=O)CC[C@@H]1c1cccc(Cl)c1. The van der Waals surface area contributed by atoms with E-state index in [0.29, 0.717) is 12.3 Å². The molecular formula is C25H29Cl2NO2. The molecule has 4 atom stereocenters. The molecule has 1 unspecified atom stereocenters. The highest BCUT2D eigenvalue weighted by Crippen LogP contribution is 2.38. The first-order valence-electron chi connectivity index (χ1n) is 10.9. The van der Waals surface area contributed by atoms with Gasteiger partial charge in [-0.05, 0) is 72.9 Å². The molecule has 2 aliphatic rings. The molecule has 0 radical (unpaired) electrons. The molecule has 1 saturated carbocycles. The smallest absolute Gasteiger partial charge is 0.220 e. The number of carbonyl (C=O) groups is 1. The van der Waals surface area contributed by atoms with Gasteiger partial charge in [-0.25, -0.2) is 0 Å². The van der Waals surface area contributed by atoms with Crippen LogP contribution in [0.3, 0.4) is 0 Å². The lowest BCUT2D eigenvalue weighted by molar-refractivity contribution is -0.124. The van der Waals surface area contributed by atoms with Crippen LogP contribution in [0.25, 0.3) is 0 Å². The predicted octanol–water partition coefficient (Wildman–Crippen LogP) is 6.55. The molecule has 160 valence electrons. The first-order chi connectivity index (χ1) is 14.5. The van der Waals surface area contributed by atoms with Crippen LogP contribution in [0.4, 0.5) is 0 Å². The molecule has 5 heteroatoms. The van der Waals surface area contributed by atoms with E-state index in [0.717, 1.165) is 35.1 Å². The third-order valence-electron chi connectivity index (χ3n) is 6.39. The second kappa shape index (κ2) is 9.72. The van der Waals surface area contributed by atoms with Gasteiger partial charge in [-0.1, -0.05) is 54.4 Å². The molecule has 1 aliphatic heterocycles. The molecule has 1 heterocycles. The minimum absolute atomic E-state index is 0.00305. The summed E-state index contributed by atoms with van der Waals surface area (Å²) in [6.45, 7) is 3.02. The first kappa shape index (κ1) is 21.7. The Hall–Kier alpha value is -1.55. The third kappa shape index (κ3) is 5.57. The molecule has 0 bridgehead atoms. The molecule has 30 heavy (non-hydrogen) atoms. The number of ether oxygens (including phenoxy) is 1. The molecule has 2 aromatic rings. The number of benzene rings is 2. The predicted molar refractivity (Wildman–Crippen MR) is 122 cm³/mol. The van der Waals surface area contributed by atoms with Crippen molar-refractivity contribution in [2.45, 2.75) is 57.1 Å². The molecule has 2 fully saturated rings. The summed E-state index contributed by atoms with van der Waals surface area (Å²) in [4.78, 5) is 12.3. The van der Waals surface area contributed by atoms with Crippen molar-refractivity contribution in [1.82, 2.24) is 5.32 Å². The van der Waals surface area contributed by atoms with Crippen LogP contribution in [0.1, 0.15) is 62.2 Å². The van der Waals surface area contributed by atoms with E-state index in [1.807, 2.05) is 30.3 Å². The summed E-state index contributed by atoms with van der Waals surface area (Å²) >= 11 is 12.4. The summed E-state index contributed by atoms with van der Waals surface area (Å²) < 4.78 is 6.36. The quantitative estimate of drug-likeness (QED) is 0.499. The van der Waals surface area contributed by atoms with E-state index in [9.17, 15) is 4.79 Å². The van der Waals surface area contributed by atoms with Crippen LogP contribution < -0.4 is 5.32 Å². The fourth-order valence-electron chi connectivity index (χ4n) is 4.47. The number of rotatable bonds is 8. The average Bonchev–Trinajstić information content (AvgIpc) is 3.56. The fraction of sp³-hybridized carbons (Fsp3) is 0.480. The van der Waals surface area contributed by atoms with Crippen molar-refractivity contribution in [2.24, 2.45) is 11.8 Å². The van der Waals surface area contributed by atoms with Gasteiger partial charge < -0.3 is 10.1 Å². The maximum absolute atomic E-state index is 12.3. The van der Waals surface area contributed by atoms with Crippen molar-refractivity contribution in [3.8, 4) is 0 Å². The van der Waals surface area contributed by atoms with Crippen molar-refractivity contribution in [3.05, 3.63) is 69.7 Å². The molecule has 0 aromatic heterocycles. The van der Waals surface area contributed by atoms with Crippen molar-refractivity contribution >= 4 is 29.1 Å². The Bertz CT molecular complexity index is 866. The zero-order valence-corrected chi connectivity index (χ0v) is 18.8. The maximum Gasteiger partial charge on any atom is 0.220 e. The van der Waals surface area contributed by atoms with Crippen LogP contribution in [0, 0.1) is 11.8 Å². The summed E-state index contributed by atoms with van der Waals surface area (Å²) in [7, 11) is 0. The number of amides is 1. The third-order valence-corrected chi connectivity index (χ3v) is 6.88. The number of nitrogens with one attached hydrogen (secondary N) is 1. The summed E-state index contributed by atoms with van der Waals surface area (Å²) in [6.07, 6.45) is 4.76. The van der Waals surface area contributed by atoms with Gasteiger partial charge in [0.05, 0.1) is 12.7 Å². The summed E-state index contributed by atoms with van der Waals surface area (Å²) in [5.41, 5.74) is 2.34. The van der Waals surface area contributed by atoms with Gasteiger partial charge in [-0.15, -0.1) is 0 Å². The highest BCUT2D eigenvalue weighted by molar-refractivity contribution is 6.30. The first-order valence-corrected chi connectivity index (χ1v) is 11.7. The Labute approximate surface area is 189 Å². The lowest BCUT2D eigenvalue weighted by atomic mass is 9.77. The zero-order chi connectivity index (χ0) is 21.1. The Morgan fingerprint density at radius 2 is 1.83 bits per heavy atom. The van der Waals surface area contributed by atoms with E-state index in [1.165, 1.54) is 18.4 Å². The summed E-state index contributed by atoms with van der Waals surface area (Å²) in [5.74, 6) is 1.33. The molecule has 1 saturated heterocycles. The Morgan fingerprint density at radius 3 is 2.53 bits per heavy atom. The lowest BCUT2D eigenvalue weighted by Gasteiger charge is -2.38. The zero-order valence-electron chi connectivity index (χ0n) is 17.3. The van der Waals surface area contributed by atoms with E-state index >= 15 is 0 Å². The van der Waals surface area contributed by atoms with Crippen LogP contribution in [0.15, 0.2) is 48.5 Å². The Kier molecular flexibility index (Phi) is 7.02. The Morgan fingerprint density at radius 1 is 1.07 bits per heavy atom. The second-order valence-electron chi connectivity index (χ2n) is 8.82. The summed E-state index contributed by atoms with van der Waals surface area (Å²) in [6, 6.07) is 16.1. The topological polar surface area (TPSA) is 38.3 Å². The summed E-state index contributed by atoms with van der Waals surface area (Å²) in [5, 5.41) is 4.74. The van der Waals surface area contributed by atoms with Gasteiger partial charge in [0.25, 0.3) is 0 Å². The molecule has 4 rings (SSSR count). The van der Waals surface area contributed by atoms with Crippen LogP contribution in [0.5, 0.6) is 0 Å². The van der Waals surface area contributed by atoms with E-state index in [2.05, 4.69) is 30.4 Å². The van der Waals surface area contributed by atoms with Crippen molar-refractivity contribution < 1.29 is 9.53 Å². The highest BCUT2D eigenvalue weighted by atomic mass is 35.5. The number of hydrogen-bond donors (Lipinski definition) is 1. The van der Waals surface area contributed by atoms with Gasteiger partial charge in [0.1, 0.15) is 0 Å². The highest BCUT2D eigenvalue weighted by Gasteiger charge is 2.35. The molecule has 2 aromatic carbocycles. The van der Waals surface area contributed by atoms with E-state index in [4.69, 9.17) is 27.9 Å². The van der Waals surface area contributed by atoms with Gasteiger partial charge in [0.2, 0.25) is 5.91 Å². The van der Waals surface area contributed by atoms with Gasteiger partial charge in [-0.3, -0.25) is 4.79 Å². The molecule has 3 nitrogen and oxygen atoms in total. The average molecular weight is 446 g/mol. The number of carbonyl (C=O) groups excluding carboxylic acids is 1. The molecule has 1 aliphatic carbocycles. The fourth-order valence-corrected chi connectivity index (χ4v) is 4.80. The monoisotopic (exact) mass is 445 g/mol. The minimum Gasteiger partial charge on any atom is -0.373 e. The van der Waals surface area contributed by atoms with Crippen LogP contribution >= 0.6 is 23.2 Å². The molecule has 1 N–H and O–H groups in total. The maximum atomic E-state index is 12.3. The largest absolute Gasteiger partial charge is 0.373 e. The number of halogens is 2. The number of piperidine rings is 1. The van der Waals surface area contributed by atoms with E-state index in [-0.39, 0.29) is 29.9 Å². The normalized spacial score (nSPS) is 23.6. The standard InChI is InChI=1S/C25H29Cl2NO2/c1-16(13-23(30-15-17-5-6-17)18-7-9-20(26)10-8-18)25-22(11-12-24(29)28-25)19-3-2-4-21(27)14-19/h2-4,7-10,14,16-17,22-23,25H,5-6,11-13,15H2,1H3,(H,28,29)/t16?,22-,23+,25+/m1/s1. The van der Waals surface area contributed by atoms with Crippen LogP contribution in [0.2, 0.25) is 10.0 Å².